The van der Waals surface area contributed by atoms with Gasteiger partial charge >= 0.3 is 0 Å². The van der Waals surface area contributed by atoms with E-state index in [4.69, 9.17) is 16.3 Å². The van der Waals surface area contributed by atoms with Gasteiger partial charge in [0.15, 0.2) is 0 Å². The Kier molecular flexibility index (Phi) is 4.21. The monoisotopic (exact) mass is 330 g/mol. The third-order valence-corrected chi connectivity index (χ3v) is 3.77. The molecular weight excluding hydrogens is 316 g/mol. The second-order valence-electron chi connectivity index (χ2n) is 5.27. The van der Waals surface area contributed by atoms with Crippen molar-refractivity contribution in [1.29, 1.82) is 0 Å². The van der Waals surface area contributed by atoms with Gasteiger partial charge in [-0.1, -0.05) is 11.6 Å². The number of nitrogens with one attached hydrogen (secondary N) is 2. The molecule has 0 fully saturated rings. The summed E-state index contributed by atoms with van der Waals surface area (Å²) in [6.45, 7) is 2.20. The lowest BCUT2D eigenvalue weighted by Crippen LogP contribution is -2.14. The maximum Gasteiger partial charge on any atom is 0.255 e. The summed E-state index contributed by atoms with van der Waals surface area (Å²) < 4.78 is 5.47. The van der Waals surface area contributed by atoms with Crippen LogP contribution in [0.2, 0.25) is 5.02 Å². The molecule has 118 valence electrons. The fourth-order valence-electron chi connectivity index (χ4n) is 2.32. The molecule has 2 aromatic rings. The zero-order valence-corrected chi connectivity index (χ0v) is 13.2. The van der Waals surface area contributed by atoms with Crippen molar-refractivity contribution in [2.45, 2.75) is 13.3 Å². The molecule has 0 aromatic heterocycles. The molecule has 2 amide bonds. The van der Waals surface area contributed by atoms with E-state index in [2.05, 4.69) is 10.6 Å². The molecule has 5 nitrogen and oxygen atoms in total. The summed E-state index contributed by atoms with van der Waals surface area (Å²) in [4.78, 5) is 24.0. The van der Waals surface area contributed by atoms with Crippen molar-refractivity contribution in [2.24, 2.45) is 0 Å². The van der Waals surface area contributed by atoms with Crippen molar-refractivity contribution in [2.75, 3.05) is 17.2 Å². The maximum absolute atomic E-state index is 12.4. The summed E-state index contributed by atoms with van der Waals surface area (Å²) >= 11 is 5.91. The Balaban J connectivity index is 1.84. The molecule has 1 aliphatic heterocycles. The topological polar surface area (TPSA) is 67.4 Å². The number of rotatable bonds is 2. The number of aryl methyl sites for hydroxylation is 1. The third-order valence-electron chi connectivity index (χ3n) is 3.54. The largest absolute Gasteiger partial charge is 0.491 e. The van der Waals surface area contributed by atoms with E-state index in [0.717, 1.165) is 5.56 Å². The molecule has 0 saturated heterocycles. The Morgan fingerprint density at radius 1 is 1.26 bits per heavy atom. The average Bonchev–Trinajstić information content (AvgIpc) is 2.69. The lowest BCUT2D eigenvalue weighted by Gasteiger charge is -2.11. The Hall–Kier alpha value is -2.53. The highest BCUT2D eigenvalue weighted by Gasteiger charge is 2.16. The zero-order chi connectivity index (χ0) is 16.4. The first-order chi connectivity index (χ1) is 11.0. The molecule has 6 heteroatoms. The van der Waals surface area contributed by atoms with Gasteiger partial charge in [0.25, 0.3) is 5.91 Å². The average molecular weight is 331 g/mol. The van der Waals surface area contributed by atoms with Crippen molar-refractivity contribution >= 4 is 34.8 Å². The number of fused-ring (bicyclic) bond motifs is 1. The Morgan fingerprint density at radius 2 is 2.09 bits per heavy atom. The lowest BCUT2D eigenvalue weighted by molar-refractivity contribution is -0.116. The molecule has 3 rings (SSSR count). The fourth-order valence-corrected chi connectivity index (χ4v) is 2.55. The van der Waals surface area contributed by atoms with Crippen LogP contribution in [0.25, 0.3) is 0 Å². The summed E-state index contributed by atoms with van der Waals surface area (Å²) in [5.41, 5.74) is 2.50. The van der Waals surface area contributed by atoms with Gasteiger partial charge in [-0.15, -0.1) is 0 Å². The van der Waals surface area contributed by atoms with Gasteiger partial charge in [-0.2, -0.15) is 0 Å². The Bertz CT molecular complexity index is 789. The standard InChI is InChI=1S/C17H15ClN2O3/c1-10-8-12(18)3-4-13(10)20-17(22)11-2-5-15-14(9-11)19-16(21)6-7-23-15/h2-5,8-9H,6-7H2,1H3,(H,19,21)(H,20,22). The molecule has 0 atom stereocenters. The summed E-state index contributed by atoms with van der Waals surface area (Å²) in [7, 11) is 0. The molecule has 1 aliphatic rings. The van der Waals surface area contributed by atoms with E-state index in [-0.39, 0.29) is 11.8 Å². The van der Waals surface area contributed by atoms with E-state index in [1.807, 2.05) is 6.92 Å². The second kappa shape index (κ2) is 6.30. The van der Waals surface area contributed by atoms with Crippen LogP contribution in [0.1, 0.15) is 22.3 Å². The van der Waals surface area contributed by atoms with Gasteiger partial charge in [-0.25, -0.2) is 0 Å². The summed E-state index contributed by atoms with van der Waals surface area (Å²) in [5, 5.41) is 6.19. The minimum absolute atomic E-state index is 0.130. The Labute approximate surface area is 138 Å². The molecule has 0 bridgehead atoms. The molecule has 0 aliphatic carbocycles. The first-order valence-corrected chi connectivity index (χ1v) is 7.55. The highest BCUT2D eigenvalue weighted by molar-refractivity contribution is 6.30. The molecule has 1 heterocycles. The number of carbonyl (C=O) groups excluding carboxylic acids is 2. The van der Waals surface area contributed by atoms with Crippen molar-refractivity contribution in [1.82, 2.24) is 0 Å². The van der Waals surface area contributed by atoms with E-state index in [1.54, 1.807) is 36.4 Å². The number of anilines is 2. The number of carbonyl (C=O) groups is 2. The summed E-state index contributed by atoms with van der Waals surface area (Å²) in [5.74, 6) is 0.168. The highest BCUT2D eigenvalue weighted by atomic mass is 35.5. The minimum Gasteiger partial charge on any atom is -0.491 e. The molecule has 23 heavy (non-hydrogen) atoms. The first-order valence-electron chi connectivity index (χ1n) is 7.17. The summed E-state index contributed by atoms with van der Waals surface area (Å²) in [6.07, 6.45) is 0.292. The molecular formula is C17H15ClN2O3. The van der Waals surface area contributed by atoms with Crippen molar-refractivity contribution in [3.63, 3.8) is 0 Å². The normalized spacial score (nSPS) is 13.4. The van der Waals surface area contributed by atoms with Crippen molar-refractivity contribution < 1.29 is 14.3 Å². The smallest absolute Gasteiger partial charge is 0.255 e. The van der Waals surface area contributed by atoms with Crippen LogP contribution in [-0.2, 0) is 4.79 Å². The van der Waals surface area contributed by atoms with Crippen molar-refractivity contribution in [3.8, 4) is 5.75 Å². The van der Waals surface area contributed by atoms with E-state index in [0.29, 0.717) is 40.7 Å². The van der Waals surface area contributed by atoms with E-state index in [1.165, 1.54) is 0 Å². The fraction of sp³-hybridized carbons (Fsp3) is 0.176. The lowest BCUT2D eigenvalue weighted by atomic mass is 10.1. The van der Waals surface area contributed by atoms with Crippen LogP contribution in [0.15, 0.2) is 36.4 Å². The number of hydrogen-bond acceptors (Lipinski definition) is 3. The number of benzene rings is 2. The second-order valence-corrected chi connectivity index (χ2v) is 5.71. The van der Waals surface area contributed by atoms with Crippen LogP contribution in [0.4, 0.5) is 11.4 Å². The van der Waals surface area contributed by atoms with E-state index >= 15 is 0 Å². The highest BCUT2D eigenvalue weighted by Crippen LogP contribution is 2.28. The van der Waals surface area contributed by atoms with Gasteiger partial charge in [-0.05, 0) is 48.9 Å². The molecule has 2 aromatic carbocycles. The van der Waals surface area contributed by atoms with Crippen LogP contribution in [-0.4, -0.2) is 18.4 Å². The maximum atomic E-state index is 12.4. The predicted molar refractivity (Wildman–Crippen MR) is 89.3 cm³/mol. The number of ether oxygens (including phenoxy) is 1. The van der Waals surface area contributed by atoms with E-state index in [9.17, 15) is 9.59 Å². The molecule has 0 unspecified atom stereocenters. The molecule has 2 N–H and O–H groups in total. The quantitative estimate of drug-likeness (QED) is 0.883. The van der Waals surface area contributed by atoms with Gasteiger partial charge < -0.3 is 15.4 Å². The molecule has 0 spiro atoms. The number of halogens is 1. The number of amides is 2. The first kappa shape index (κ1) is 15.4. The minimum atomic E-state index is -0.267. The Morgan fingerprint density at radius 3 is 2.87 bits per heavy atom. The third kappa shape index (κ3) is 3.46. The van der Waals surface area contributed by atoms with Crippen LogP contribution in [0.5, 0.6) is 5.75 Å². The van der Waals surface area contributed by atoms with E-state index < -0.39 is 0 Å². The molecule has 0 radical (unpaired) electrons. The summed E-state index contributed by atoms with van der Waals surface area (Å²) in [6, 6.07) is 10.2. The van der Waals surface area contributed by atoms with Gasteiger partial charge in [0, 0.05) is 16.3 Å². The van der Waals surface area contributed by atoms with Gasteiger partial charge in [0.05, 0.1) is 18.7 Å². The van der Waals surface area contributed by atoms with Crippen LogP contribution < -0.4 is 15.4 Å². The SMILES string of the molecule is Cc1cc(Cl)ccc1NC(=O)c1ccc2c(c1)NC(=O)CCO2. The molecule has 0 saturated carbocycles. The zero-order valence-electron chi connectivity index (χ0n) is 12.5. The van der Waals surface area contributed by atoms with Crippen LogP contribution in [0.3, 0.4) is 0 Å². The number of hydrogen-bond donors (Lipinski definition) is 2. The van der Waals surface area contributed by atoms with Gasteiger partial charge in [0.1, 0.15) is 5.75 Å². The van der Waals surface area contributed by atoms with Crippen LogP contribution >= 0.6 is 11.6 Å². The van der Waals surface area contributed by atoms with Crippen LogP contribution in [0, 0.1) is 6.92 Å². The predicted octanol–water partition coefficient (Wildman–Crippen LogP) is 3.62. The van der Waals surface area contributed by atoms with Gasteiger partial charge in [-0.3, -0.25) is 9.59 Å². The van der Waals surface area contributed by atoms with Crippen molar-refractivity contribution in [3.05, 3.63) is 52.5 Å². The van der Waals surface area contributed by atoms with Gasteiger partial charge in [0.2, 0.25) is 5.91 Å².